The topological polar surface area (TPSA) is 75.5 Å². The van der Waals surface area contributed by atoms with Gasteiger partial charge in [-0.1, -0.05) is 6.07 Å². The highest BCUT2D eigenvalue weighted by molar-refractivity contribution is 5.98. The summed E-state index contributed by atoms with van der Waals surface area (Å²) in [4.78, 5) is 23.8. The molecule has 7 heteroatoms. The third kappa shape index (κ3) is 3.52. The molecule has 2 N–H and O–H groups in total. The number of aromatic nitrogens is 2. The molecular weight excluding hydrogens is 299 g/mol. The van der Waals surface area contributed by atoms with Crippen LogP contribution in [0.5, 0.6) is 0 Å². The number of fused-ring (bicyclic) bond motifs is 1. The molecule has 0 saturated carbocycles. The molecule has 23 heavy (non-hydrogen) atoms. The number of hydrogen-bond acceptors (Lipinski definition) is 3. The van der Waals surface area contributed by atoms with Crippen LogP contribution in [0.3, 0.4) is 0 Å². The van der Waals surface area contributed by atoms with Crippen LogP contribution in [0, 0.1) is 5.82 Å². The predicted octanol–water partition coefficient (Wildman–Crippen LogP) is 1.84. The molecule has 3 aromatic rings. The third-order valence-corrected chi connectivity index (χ3v) is 3.14. The van der Waals surface area contributed by atoms with Gasteiger partial charge < -0.3 is 10.6 Å². The average molecular weight is 312 g/mol. The van der Waals surface area contributed by atoms with E-state index in [1.807, 2.05) is 12.1 Å². The molecule has 2 aromatic heterocycles. The Bertz CT molecular complexity index is 825. The van der Waals surface area contributed by atoms with Gasteiger partial charge in [0.1, 0.15) is 5.82 Å². The Morgan fingerprint density at radius 2 is 1.91 bits per heavy atom. The molecule has 0 atom stereocenters. The lowest BCUT2D eigenvalue weighted by molar-refractivity contribution is -0.115. The molecule has 0 spiro atoms. The summed E-state index contributed by atoms with van der Waals surface area (Å²) in [5.74, 6) is -1.24. The van der Waals surface area contributed by atoms with Gasteiger partial charge in [0.2, 0.25) is 5.91 Å². The highest BCUT2D eigenvalue weighted by Gasteiger charge is 2.12. The smallest absolute Gasteiger partial charge is 0.272 e. The average Bonchev–Trinajstić information content (AvgIpc) is 2.99. The fourth-order valence-electron chi connectivity index (χ4n) is 2.04. The van der Waals surface area contributed by atoms with Gasteiger partial charge in [0.25, 0.3) is 5.91 Å². The predicted molar refractivity (Wildman–Crippen MR) is 82.6 cm³/mol. The monoisotopic (exact) mass is 312 g/mol. The Morgan fingerprint density at radius 3 is 2.65 bits per heavy atom. The highest BCUT2D eigenvalue weighted by Crippen LogP contribution is 2.08. The van der Waals surface area contributed by atoms with Gasteiger partial charge in [0.15, 0.2) is 5.69 Å². The summed E-state index contributed by atoms with van der Waals surface area (Å²) < 4.78 is 14.4. The largest absolute Gasteiger partial charge is 0.342 e. The zero-order valence-corrected chi connectivity index (χ0v) is 12.0. The van der Waals surface area contributed by atoms with Crippen molar-refractivity contribution in [1.82, 2.24) is 14.9 Å². The van der Waals surface area contributed by atoms with Crippen molar-refractivity contribution in [1.29, 1.82) is 0 Å². The molecular formula is C16H13FN4O2. The van der Waals surface area contributed by atoms with Gasteiger partial charge in [0.05, 0.1) is 12.1 Å². The number of anilines is 1. The van der Waals surface area contributed by atoms with E-state index in [1.165, 1.54) is 24.3 Å². The van der Waals surface area contributed by atoms with Crippen LogP contribution in [0.15, 0.2) is 54.7 Å². The van der Waals surface area contributed by atoms with Gasteiger partial charge in [0, 0.05) is 11.9 Å². The lowest BCUT2D eigenvalue weighted by atomic mass is 10.3. The molecule has 2 amide bonds. The highest BCUT2D eigenvalue weighted by atomic mass is 19.1. The van der Waals surface area contributed by atoms with Gasteiger partial charge in [-0.2, -0.15) is 5.10 Å². The zero-order chi connectivity index (χ0) is 16.2. The fraction of sp³-hybridized carbons (Fsp3) is 0.0625. The molecule has 0 fully saturated rings. The number of carbonyl (C=O) groups excluding carboxylic acids is 2. The molecule has 3 rings (SSSR count). The van der Waals surface area contributed by atoms with Crippen LogP contribution in [-0.2, 0) is 4.79 Å². The Kier molecular flexibility index (Phi) is 4.01. The van der Waals surface area contributed by atoms with Crippen molar-refractivity contribution in [2.75, 3.05) is 11.9 Å². The summed E-state index contributed by atoms with van der Waals surface area (Å²) in [6.07, 6.45) is 1.73. The molecule has 0 unspecified atom stereocenters. The summed E-state index contributed by atoms with van der Waals surface area (Å²) in [5, 5.41) is 9.16. The number of nitrogens with zero attached hydrogens (tertiary/aromatic N) is 2. The van der Waals surface area contributed by atoms with Crippen molar-refractivity contribution in [3.05, 3.63) is 66.2 Å². The number of nitrogens with one attached hydrogen (secondary N) is 2. The summed E-state index contributed by atoms with van der Waals surface area (Å²) in [6, 6.07) is 12.5. The van der Waals surface area contributed by atoms with Gasteiger partial charge in [-0.05, 0) is 42.5 Å². The second kappa shape index (κ2) is 6.27. The van der Waals surface area contributed by atoms with Crippen LogP contribution in [0.2, 0.25) is 0 Å². The number of benzene rings is 1. The molecule has 0 bridgehead atoms. The van der Waals surface area contributed by atoms with E-state index in [1.54, 1.807) is 22.8 Å². The SMILES string of the molecule is O=C(CNC(=O)c1cc2ccccn2n1)Nc1ccc(F)cc1. The van der Waals surface area contributed by atoms with E-state index < -0.39 is 11.8 Å². The minimum atomic E-state index is -0.442. The maximum Gasteiger partial charge on any atom is 0.272 e. The van der Waals surface area contributed by atoms with Crippen molar-refractivity contribution >= 4 is 23.0 Å². The summed E-state index contributed by atoms with van der Waals surface area (Å²) >= 11 is 0. The number of amides is 2. The minimum absolute atomic E-state index is 0.204. The second-order valence-electron chi connectivity index (χ2n) is 4.84. The standard InChI is InChI=1S/C16H13FN4O2/c17-11-4-6-12(7-5-11)19-15(22)10-18-16(23)14-9-13-3-1-2-8-21(13)20-14/h1-9H,10H2,(H,18,23)(H,19,22). The second-order valence-corrected chi connectivity index (χ2v) is 4.84. The quantitative estimate of drug-likeness (QED) is 0.772. The Labute approximate surface area is 130 Å². The Hall–Kier alpha value is -3.22. The van der Waals surface area contributed by atoms with Crippen molar-refractivity contribution in [2.45, 2.75) is 0 Å². The third-order valence-electron chi connectivity index (χ3n) is 3.14. The lowest BCUT2D eigenvalue weighted by Gasteiger charge is -2.05. The first-order valence-corrected chi connectivity index (χ1v) is 6.90. The van der Waals surface area contributed by atoms with Crippen LogP contribution in [0.1, 0.15) is 10.5 Å². The van der Waals surface area contributed by atoms with E-state index in [2.05, 4.69) is 15.7 Å². The van der Waals surface area contributed by atoms with Crippen molar-refractivity contribution in [3.8, 4) is 0 Å². The Morgan fingerprint density at radius 1 is 1.13 bits per heavy atom. The number of halogens is 1. The van der Waals surface area contributed by atoms with Crippen molar-refractivity contribution < 1.29 is 14.0 Å². The van der Waals surface area contributed by atoms with Crippen LogP contribution in [0.25, 0.3) is 5.52 Å². The van der Waals surface area contributed by atoms with Crippen molar-refractivity contribution in [2.24, 2.45) is 0 Å². The maximum atomic E-state index is 12.8. The fourth-order valence-corrected chi connectivity index (χ4v) is 2.04. The van der Waals surface area contributed by atoms with Gasteiger partial charge in [-0.25, -0.2) is 8.91 Å². The first-order valence-electron chi connectivity index (χ1n) is 6.90. The van der Waals surface area contributed by atoms with Crippen LogP contribution in [0.4, 0.5) is 10.1 Å². The van der Waals surface area contributed by atoms with Crippen LogP contribution in [-0.4, -0.2) is 28.0 Å². The van der Waals surface area contributed by atoms with E-state index in [0.717, 1.165) is 5.52 Å². The molecule has 6 nitrogen and oxygen atoms in total. The van der Waals surface area contributed by atoms with E-state index in [-0.39, 0.29) is 18.1 Å². The van der Waals surface area contributed by atoms with Gasteiger partial charge in [-0.3, -0.25) is 9.59 Å². The molecule has 0 radical (unpaired) electrons. The first kappa shape index (κ1) is 14.7. The summed E-state index contributed by atoms with van der Waals surface area (Å²) in [7, 11) is 0. The van der Waals surface area contributed by atoms with E-state index >= 15 is 0 Å². The summed E-state index contributed by atoms with van der Waals surface area (Å²) in [6.45, 7) is -0.204. The molecule has 116 valence electrons. The molecule has 0 saturated heterocycles. The summed E-state index contributed by atoms with van der Waals surface area (Å²) in [5.41, 5.74) is 1.47. The van der Waals surface area contributed by atoms with E-state index in [9.17, 15) is 14.0 Å². The lowest BCUT2D eigenvalue weighted by Crippen LogP contribution is -2.33. The van der Waals surface area contributed by atoms with Crippen LogP contribution < -0.4 is 10.6 Å². The van der Waals surface area contributed by atoms with E-state index in [4.69, 9.17) is 0 Å². The van der Waals surface area contributed by atoms with Gasteiger partial charge in [-0.15, -0.1) is 0 Å². The van der Waals surface area contributed by atoms with Gasteiger partial charge >= 0.3 is 0 Å². The first-order chi connectivity index (χ1) is 11.1. The molecule has 0 aliphatic carbocycles. The molecule has 0 aliphatic heterocycles. The molecule has 0 aliphatic rings. The number of rotatable bonds is 4. The van der Waals surface area contributed by atoms with Crippen molar-refractivity contribution in [3.63, 3.8) is 0 Å². The maximum absolute atomic E-state index is 12.8. The van der Waals surface area contributed by atoms with E-state index in [0.29, 0.717) is 5.69 Å². The molecule has 1 aromatic carbocycles. The minimum Gasteiger partial charge on any atom is -0.342 e. The number of hydrogen-bond donors (Lipinski definition) is 2. The normalized spacial score (nSPS) is 10.5. The Balaban J connectivity index is 1.57. The van der Waals surface area contributed by atoms with Crippen LogP contribution >= 0.6 is 0 Å². The zero-order valence-electron chi connectivity index (χ0n) is 12.0. The number of pyridine rings is 1. The molecule has 2 heterocycles. The number of carbonyl (C=O) groups is 2.